The highest BCUT2D eigenvalue weighted by Gasteiger charge is 2.05. The SMILES string of the molecule is COc1cc(N(C)Cc2cccc(C(=N)N)c2)ccn1. The minimum absolute atomic E-state index is 0.0834. The Hall–Kier alpha value is -2.56. The van der Waals surface area contributed by atoms with E-state index in [1.807, 2.05) is 43.4 Å². The molecule has 0 aliphatic rings. The van der Waals surface area contributed by atoms with Gasteiger partial charge in [0.1, 0.15) is 5.84 Å². The summed E-state index contributed by atoms with van der Waals surface area (Å²) >= 11 is 0. The minimum Gasteiger partial charge on any atom is -0.481 e. The maximum Gasteiger partial charge on any atom is 0.214 e. The lowest BCUT2D eigenvalue weighted by Crippen LogP contribution is -2.17. The van der Waals surface area contributed by atoms with Gasteiger partial charge in [-0.3, -0.25) is 5.41 Å². The molecule has 1 aromatic heterocycles. The van der Waals surface area contributed by atoms with Gasteiger partial charge in [0.2, 0.25) is 5.88 Å². The molecule has 0 fully saturated rings. The Morgan fingerprint density at radius 3 is 2.85 bits per heavy atom. The number of hydrogen-bond donors (Lipinski definition) is 2. The fourth-order valence-electron chi connectivity index (χ4n) is 1.95. The summed E-state index contributed by atoms with van der Waals surface area (Å²) in [5.74, 6) is 0.673. The van der Waals surface area contributed by atoms with E-state index in [4.69, 9.17) is 15.9 Å². The maximum atomic E-state index is 7.47. The summed E-state index contributed by atoms with van der Waals surface area (Å²) in [7, 11) is 3.59. The number of hydrogen-bond acceptors (Lipinski definition) is 4. The highest BCUT2D eigenvalue weighted by molar-refractivity contribution is 5.95. The molecule has 1 aromatic carbocycles. The molecular formula is C15H18N4O. The molecule has 0 radical (unpaired) electrons. The second-order valence-electron chi connectivity index (χ2n) is 4.53. The molecule has 5 nitrogen and oxygen atoms in total. The molecule has 2 rings (SSSR count). The van der Waals surface area contributed by atoms with Crippen molar-refractivity contribution in [3.05, 3.63) is 53.7 Å². The lowest BCUT2D eigenvalue weighted by atomic mass is 10.1. The summed E-state index contributed by atoms with van der Waals surface area (Å²) in [5.41, 5.74) is 8.36. The molecule has 0 aliphatic heterocycles. The van der Waals surface area contributed by atoms with E-state index in [0.717, 1.165) is 16.8 Å². The number of nitrogens with zero attached hydrogens (tertiary/aromatic N) is 2. The summed E-state index contributed by atoms with van der Waals surface area (Å²) in [6.45, 7) is 0.717. The van der Waals surface area contributed by atoms with E-state index in [-0.39, 0.29) is 5.84 Å². The monoisotopic (exact) mass is 270 g/mol. The van der Waals surface area contributed by atoms with Gasteiger partial charge >= 0.3 is 0 Å². The largest absolute Gasteiger partial charge is 0.481 e. The average molecular weight is 270 g/mol. The molecule has 0 amide bonds. The molecule has 0 unspecified atom stereocenters. The molecule has 2 aromatic rings. The molecule has 5 heteroatoms. The quantitative estimate of drug-likeness (QED) is 0.643. The van der Waals surface area contributed by atoms with Gasteiger partial charge in [-0.1, -0.05) is 18.2 Å². The third-order valence-electron chi connectivity index (χ3n) is 3.03. The number of nitrogens with two attached hydrogens (primary N) is 1. The zero-order valence-corrected chi connectivity index (χ0v) is 11.6. The van der Waals surface area contributed by atoms with Crippen LogP contribution in [-0.4, -0.2) is 25.0 Å². The predicted molar refractivity (Wildman–Crippen MR) is 80.4 cm³/mol. The van der Waals surface area contributed by atoms with Crippen molar-refractivity contribution >= 4 is 11.5 Å². The second-order valence-corrected chi connectivity index (χ2v) is 4.53. The van der Waals surface area contributed by atoms with Gasteiger partial charge in [0, 0.05) is 37.1 Å². The lowest BCUT2D eigenvalue weighted by molar-refractivity contribution is 0.398. The van der Waals surface area contributed by atoms with E-state index >= 15 is 0 Å². The maximum absolute atomic E-state index is 7.47. The third-order valence-corrected chi connectivity index (χ3v) is 3.03. The van der Waals surface area contributed by atoms with Crippen molar-refractivity contribution in [3.63, 3.8) is 0 Å². The van der Waals surface area contributed by atoms with Crippen LogP contribution < -0.4 is 15.4 Å². The molecular weight excluding hydrogens is 252 g/mol. The number of aromatic nitrogens is 1. The van der Waals surface area contributed by atoms with Crippen molar-refractivity contribution in [2.45, 2.75) is 6.54 Å². The van der Waals surface area contributed by atoms with Crippen LogP contribution in [0.1, 0.15) is 11.1 Å². The predicted octanol–water partition coefficient (Wildman–Crippen LogP) is 2.01. The van der Waals surface area contributed by atoms with Gasteiger partial charge in [0.15, 0.2) is 0 Å². The molecule has 104 valence electrons. The molecule has 1 heterocycles. The molecule has 3 N–H and O–H groups in total. The van der Waals surface area contributed by atoms with Crippen LogP contribution in [0.15, 0.2) is 42.6 Å². The Morgan fingerprint density at radius 1 is 1.35 bits per heavy atom. The lowest BCUT2D eigenvalue weighted by Gasteiger charge is -2.20. The Balaban J connectivity index is 2.16. The summed E-state index contributed by atoms with van der Waals surface area (Å²) in [4.78, 5) is 6.18. The highest BCUT2D eigenvalue weighted by atomic mass is 16.5. The number of nitrogens with one attached hydrogen (secondary N) is 1. The number of benzene rings is 1. The van der Waals surface area contributed by atoms with Gasteiger partial charge in [-0.15, -0.1) is 0 Å². The molecule has 0 bridgehead atoms. The van der Waals surface area contributed by atoms with Crippen LogP contribution in [-0.2, 0) is 6.54 Å². The summed E-state index contributed by atoms with van der Waals surface area (Å²) in [6, 6.07) is 11.5. The first kappa shape index (κ1) is 13.9. The summed E-state index contributed by atoms with van der Waals surface area (Å²) in [6.07, 6.45) is 1.72. The van der Waals surface area contributed by atoms with Crippen LogP contribution >= 0.6 is 0 Å². The van der Waals surface area contributed by atoms with E-state index in [1.165, 1.54) is 0 Å². The minimum atomic E-state index is 0.0834. The van der Waals surface area contributed by atoms with Gasteiger partial charge in [-0.05, 0) is 17.7 Å². The van der Waals surface area contributed by atoms with Crippen molar-refractivity contribution in [2.75, 3.05) is 19.1 Å². The summed E-state index contributed by atoms with van der Waals surface area (Å²) < 4.78 is 5.12. The van der Waals surface area contributed by atoms with Crippen LogP contribution in [0.4, 0.5) is 5.69 Å². The van der Waals surface area contributed by atoms with E-state index in [0.29, 0.717) is 12.4 Å². The summed E-state index contributed by atoms with van der Waals surface area (Å²) in [5, 5.41) is 7.47. The van der Waals surface area contributed by atoms with Crippen LogP contribution in [0.25, 0.3) is 0 Å². The fraction of sp³-hybridized carbons (Fsp3) is 0.200. The number of amidine groups is 1. The Kier molecular flexibility index (Phi) is 4.20. The van der Waals surface area contributed by atoms with Gasteiger partial charge in [-0.25, -0.2) is 4.98 Å². The molecule has 0 saturated heterocycles. The number of rotatable bonds is 5. The first-order chi connectivity index (χ1) is 9.60. The fourth-order valence-corrected chi connectivity index (χ4v) is 1.95. The third kappa shape index (κ3) is 3.26. The van der Waals surface area contributed by atoms with Gasteiger partial charge < -0.3 is 15.4 Å². The van der Waals surface area contributed by atoms with Crippen molar-refractivity contribution in [2.24, 2.45) is 5.73 Å². The highest BCUT2D eigenvalue weighted by Crippen LogP contribution is 2.19. The number of methoxy groups -OCH3 is 1. The number of nitrogen functional groups attached to an aromatic ring is 1. The topological polar surface area (TPSA) is 75.2 Å². The average Bonchev–Trinajstić information content (AvgIpc) is 2.47. The number of anilines is 1. The first-order valence-electron chi connectivity index (χ1n) is 6.24. The molecule has 20 heavy (non-hydrogen) atoms. The smallest absolute Gasteiger partial charge is 0.214 e. The molecule has 0 spiro atoms. The van der Waals surface area contributed by atoms with Gasteiger partial charge in [0.25, 0.3) is 0 Å². The Labute approximate surface area is 118 Å². The molecule has 0 atom stereocenters. The van der Waals surface area contributed by atoms with Gasteiger partial charge in [-0.2, -0.15) is 0 Å². The zero-order valence-electron chi connectivity index (χ0n) is 11.6. The normalized spacial score (nSPS) is 10.1. The van der Waals surface area contributed by atoms with Crippen molar-refractivity contribution in [1.82, 2.24) is 4.98 Å². The number of pyridine rings is 1. The number of ether oxygens (including phenoxy) is 1. The van der Waals surface area contributed by atoms with Crippen LogP contribution in [0.2, 0.25) is 0 Å². The molecule has 0 aliphatic carbocycles. The second kappa shape index (κ2) is 6.06. The zero-order chi connectivity index (χ0) is 14.5. The standard InChI is InChI=1S/C15H18N4O/c1-19(13-6-7-18-14(9-13)20-2)10-11-4-3-5-12(8-11)15(16)17/h3-9H,10H2,1-2H3,(H3,16,17). The van der Waals surface area contributed by atoms with Crippen molar-refractivity contribution in [1.29, 1.82) is 5.41 Å². The van der Waals surface area contributed by atoms with E-state index < -0.39 is 0 Å². The Bertz CT molecular complexity index is 612. The van der Waals surface area contributed by atoms with Crippen LogP contribution in [0.5, 0.6) is 5.88 Å². The van der Waals surface area contributed by atoms with E-state index in [2.05, 4.69) is 9.88 Å². The van der Waals surface area contributed by atoms with Crippen molar-refractivity contribution < 1.29 is 4.74 Å². The van der Waals surface area contributed by atoms with Crippen molar-refractivity contribution in [3.8, 4) is 5.88 Å². The van der Waals surface area contributed by atoms with Gasteiger partial charge in [0.05, 0.1) is 7.11 Å². The van der Waals surface area contributed by atoms with Crippen LogP contribution in [0.3, 0.4) is 0 Å². The van der Waals surface area contributed by atoms with E-state index in [9.17, 15) is 0 Å². The van der Waals surface area contributed by atoms with E-state index in [1.54, 1.807) is 13.3 Å². The van der Waals surface area contributed by atoms with Crippen LogP contribution in [0, 0.1) is 5.41 Å². The molecule has 0 saturated carbocycles. The Morgan fingerprint density at radius 2 is 2.15 bits per heavy atom. The first-order valence-corrected chi connectivity index (χ1v) is 6.24.